The highest BCUT2D eigenvalue weighted by atomic mass is 32.2. The number of rotatable bonds is 7. The zero-order valence-electron chi connectivity index (χ0n) is 11.9. The van der Waals surface area contributed by atoms with Gasteiger partial charge in [0.1, 0.15) is 17.0 Å². The van der Waals surface area contributed by atoms with E-state index in [1.54, 1.807) is 19.2 Å². The summed E-state index contributed by atoms with van der Waals surface area (Å²) in [6.45, 7) is 4.38. The van der Waals surface area contributed by atoms with E-state index >= 15 is 0 Å². The number of anilines is 1. The van der Waals surface area contributed by atoms with Crippen LogP contribution in [-0.4, -0.2) is 35.1 Å². The van der Waals surface area contributed by atoms with Crippen molar-refractivity contribution in [2.24, 2.45) is 0 Å². The van der Waals surface area contributed by atoms with E-state index in [0.717, 1.165) is 6.42 Å². The lowest BCUT2D eigenvalue weighted by atomic mass is 10.3. The van der Waals surface area contributed by atoms with Crippen molar-refractivity contribution in [1.82, 2.24) is 24.9 Å². The number of sulfonamides is 1. The maximum atomic E-state index is 12.5. The van der Waals surface area contributed by atoms with Gasteiger partial charge in [0.05, 0.1) is 11.7 Å². The minimum absolute atomic E-state index is 0.116. The molecule has 3 N–H and O–H groups in total. The van der Waals surface area contributed by atoms with Gasteiger partial charge < -0.3 is 5.32 Å². The zero-order valence-corrected chi connectivity index (χ0v) is 12.7. The SMILES string of the molecule is CCCNc1ccncc1S(=O)(=O)NC(C)c1ncn[nH]1. The Morgan fingerprint density at radius 1 is 1.43 bits per heavy atom. The average molecular weight is 310 g/mol. The molecule has 0 amide bonds. The van der Waals surface area contributed by atoms with Gasteiger partial charge in [-0.1, -0.05) is 6.92 Å². The number of nitrogens with one attached hydrogen (secondary N) is 3. The summed E-state index contributed by atoms with van der Waals surface area (Å²) in [4.78, 5) is 7.95. The van der Waals surface area contributed by atoms with Gasteiger partial charge in [0.25, 0.3) is 0 Å². The summed E-state index contributed by atoms with van der Waals surface area (Å²) in [7, 11) is -3.71. The van der Waals surface area contributed by atoms with Gasteiger partial charge in [-0.15, -0.1) is 0 Å². The van der Waals surface area contributed by atoms with Crippen LogP contribution < -0.4 is 10.0 Å². The number of aromatic amines is 1. The lowest BCUT2D eigenvalue weighted by molar-refractivity contribution is 0.560. The summed E-state index contributed by atoms with van der Waals surface area (Å²) in [6.07, 6.45) is 5.10. The Labute approximate surface area is 123 Å². The highest BCUT2D eigenvalue weighted by Gasteiger charge is 2.23. The van der Waals surface area contributed by atoms with Crippen molar-refractivity contribution < 1.29 is 8.42 Å². The Morgan fingerprint density at radius 2 is 2.24 bits per heavy atom. The molecule has 2 heterocycles. The Morgan fingerprint density at radius 3 is 2.90 bits per heavy atom. The van der Waals surface area contributed by atoms with Crippen molar-refractivity contribution in [3.8, 4) is 0 Å². The van der Waals surface area contributed by atoms with Gasteiger partial charge in [-0.3, -0.25) is 10.1 Å². The Kier molecular flexibility index (Phi) is 4.86. The van der Waals surface area contributed by atoms with Crippen LogP contribution in [0, 0.1) is 0 Å². The normalized spacial score (nSPS) is 13.0. The molecule has 0 bridgehead atoms. The lowest BCUT2D eigenvalue weighted by Crippen LogP contribution is -2.28. The van der Waals surface area contributed by atoms with Gasteiger partial charge in [0.2, 0.25) is 10.0 Å². The van der Waals surface area contributed by atoms with Crippen molar-refractivity contribution in [3.63, 3.8) is 0 Å². The van der Waals surface area contributed by atoms with E-state index in [1.165, 1.54) is 12.5 Å². The number of hydrogen-bond donors (Lipinski definition) is 3. The first-order chi connectivity index (χ1) is 10.0. The van der Waals surface area contributed by atoms with E-state index in [1.807, 2.05) is 6.92 Å². The smallest absolute Gasteiger partial charge is 0.244 e. The minimum atomic E-state index is -3.71. The maximum absolute atomic E-state index is 12.5. The van der Waals surface area contributed by atoms with Crippen LogP contribution in [-0.2, 0) is 10.0 Å². The van der Waals surface area contributed by atoms with E-state index < -0.39 is 16.1 Å². The second-order valence-electron chi connectivity index (χ2n) is 4.51. The lowest BCUT2D eigenvalue weighted by Gasteiger charge is -2.15. The highest BCUT2D eigenvalue weighted by molar-refractivity contribution is 7.89. The molecule has 2 rings (SSSR count). The predicted octanol–water partition coefficient (Wildman–Crippen LogP) is 1.06. The molecule has 0 spiro atoms. The summed E-state index contributed by atoms with van der Waals surface area (Å²) in [5.74, 6) is 0.450. The van der Waals surface area contributed by atoms with E-state index in [9.17, 15) is 8.42 Å². The number of H-pyrrole nitrogens is 1. The van der Waals surface area contributed by atoms with Crippen LogP contribution in [0.4, 0.5) is 5.69 Å². The van der Waals surface area contributed by atoms with Gasteiger partial charge in [-0.25, -0.2) is 18.1 Å². The van der Waals surface area contributed by atoms with Crippen LogP contribution in [0.5, 0.6) is 0 Å². The van der Waals surface area contributed by atoms with Crippen LogP contribution in [0.1, 0.15) is 32.1 Å². The molecular formula is C12H18N6O2S. The molecule has 0 aromatic carbocycles. The first-order valence-electron chi connectivity index (χ1n) is 6.60. The van der Waals surface area contributed by atoms with Crippen LogP contribution in [0.25, 0.3) is 0 Å². The summed E-state index contributed by atoms with van der Waals surface area (Å²) < 4.78 is 27.5. The van der Waals surface area contributed by atoms with Gasteiger partial charge >= 0.3 is 0 Å². The third-order valence-corrected chi connectivity index (χ3v) is 4.38. The van der Waals surface area contributed by atoms with E-state index in [2.05, 4.69) is 30.2 Å². The fraction of sp³-hybridized carbons (Fsp3) is 0.417. The van der Waals surface area contributed by atoms with Gasteiger partial charge in [0.15, 0.2) is 0 Å². The third-order valence-electron chi connectivity index (χ3n) is 2.82. The number of hydrogen-bond acceptors (Lipinski definition) is 6. The van der Waals surface area contributed by atoms with Crippen molar-refractivity contribution in [2.75, 3.05) is 11.9 Å². The molecule has 8 nitrogen and oxygen atoms in total. The molecule has 0 saturated carbocycles. The first-order valence-corrected chi connectivity index (χ1v) is 8.08. The molecule has 0 aliphatic rings. The fourth-order valence-electron chi connectivity index (χ4n) is 1.78. The number of nitrogens with zero attached hydrogens (tertiary/aromatic N) is 3. The van der Waals surface area contributed by atoms with Crippen molar-refractivity contribution in [2.45, 2.75) is 31.2 Å². The van der Waals surface area contributed by atoms with Crippen molar-refractivity contribution >= 4 is 15.7 Å². The molecule has 114 valence electrons. The highest BCUT2D eigenvalue weighted by Crippen LogP contribution is 2.21. The van der Waals surface area contributed by atoms with Gasteiger partial charge in [-0.2, -0.15) is 5.10 Å². The molecule has 2 aromatic rings. The van der Waals surface area contributed by atoms with E-state index in [0.29, 0.717) is 18.1 Å². The number of pyridine rings is 1. The molecule has 0 aliphatic carbocycles. The fourth-order valence-corrected chi connectivity index (χ4v) is 3.11. The maximum Gasteiger partial charge on any atom is 0.244 e. The number of aromatic nitrogens is 4. The van der Waals surface area contributed by atoms with Crippen molar-refractivity contribution in [3.05, 3.63) is 30.6 Å². The molecule has 0 aliphatic heterocycles. The van der Waals surface area contributed by atoms with Crippen LogP contribution in [0.15, 0.2) is 29.7 Å². The van der Waals surface area contributed by atoms with Crippen LogP contribution >= 0.6 is 0 Å². The largest absolute Gasteiger partial charge is 0.384 e. The van der Waals surface area contributed by atoms with Gasteiger partial charge in [0, 0.05) is 18.9 Å². The molecule has 0 saturated heterocycles. The second kappa shape index (κ2) is 6.64. The second-order valence-corrected chi connectivity index (χ2v) is 6.19. The first kappa shape index (κ1) is 15.4. The molecule has 21 heavy (non-hydrogen) atoms. The van der Waals surface area contributed by atoms with E-state index in [-0.39, 0.29) is 4.90 Å². The zero-order chi connectivity index (χ0) is 15.3. The molecule has 1 atom stereocenters. The van der Waals surface area contributed by atoms with Gasteiger partial charge in [-0.05, 0) is 19.4 Å². The Bertz CT molecular complexity index is 671. The summed E-state index contributed by atoms with van der Waals surface area (Å²) in [5, 5.41) is 9.43. The molecule has 0 radical (unpaired) electrons. The average Bonchev–Trinajstić information content (AvgIpc) is 2.99. The topological polar surface area (TPSA) is 113 Å². The summed E-state index contributed by atoms with van der Waals surface area (Å²) in [5.41, 5.74) is 0.532. The standard InChI is InChI=1S/C12H18N6O2S/c1-3-5-14-10-4-6-13-7-11(10)21(19,20)18-9(2)12-15-8-16-17-12/h4,6-9,18H,3,5H2,1-2H3,(H,13,14)(H,15,16,17). The third kappa shape index (κ3) is 3.76. The quantitative estimate of drug-likeness (QED) is 0.705. The Hall–Kier alpha value is -2.00. The monoisotopic (exact) mass is 310 g/mol. The molecule has 0 fully saturated rings. The van der Waals surface area contributed by atoms with E-state index in [4.69, 9.17) is 0 Å². The summed E-state index contributed by atoms with van der Waals surface area (Å²) in [6, 6.07) is 1.13. The Balaban J connectivity index is 2.23. The van der Waals surface area contributed by atoms with Crippen LogP contribution in [0.3, 0.4) is 0 Å². The summed E-state index contributed by atoms with van der Waals surface area (Å²) >= 11 is 0. The predicted molar refractivity (Wildman–Crippen MR) is 78.1 cm³/mol. The molecule has 9 heteroatoms. The van der Waals surface area contributed by atoms with Crippen molar-refractivity contribution in [1.29, 1.82) is 0 Å². The molecule has 2 aromatic heterocycles. The van der Waals surface area contributed by atoms with Crippen LogP contribution in [0.2, 0.25) is 0 Å². The molecule has 1 unspecified atom stereocenters. The minimum Gasteiger partial charge on any atom is -0.384 e. The molecular weight excluding hydrogens is 292 g/mol.